The molecular formula is C41H55F3N8O8. The Morgan fingerprint density at radius 1 is 0.850 bits per heavy atom. The molecule has 2 aromatic carbocycles. The number of ether oxygens (including phenoxy) is 2. The molecule has 19 heteroatoms. The first-order valence-electron chi connectivity index (χ1n) is 19.9. The molecule has 0 unspecified atom stereocenters. The second kappa shape index (κ2) is 22.5. The Hall–Kier alpha value is -5.10. The molecule has 8 N–H and O–H groups in total. The van der Waals surface area contributed by atoms with Gasteiger partial charge in [-0.1, -0.05) is 55.2 Å². The van der Waals surface area contributed by atoms with E-state index in [1.807, 2.05) is 43.3 Å². The maximum Gasteiger partial charge on any atom is 0.426 e. The zero-order chi connectivity index (χ0) is 43.8. The number of rotatable bonds is 23. The molecule has 0 bridgehead atoms. The second-order valence-corrected chi connectivity index (χ2v) is 15.0. The average molecular weight is 845 g/mol. The summed E-state index contributed by atoms with van der Waals surface area (Å²) in [7, 11) is 3.62. The lowest BCUT2D eigenvalue weighted by molar-refractivity contribution is -0.229. The third kappa shape index (κ3) is 13.2. The van der Waals surface area contributed by atoms with Crippen molar-refractivity contribution in [2.24, 2.45) is 5.41 Å². The lowest BCUT2D eigenvalue weighted by Gasteiger charge is -2.37. The molecule has 1 atom stereocenters. The van der Waals surface area contributed by atoms with Gasteiger partial charge in [-0.3, -0.25) is 34.1 Å². The predicted molar refractivity (Wildman–Crippen MR) is 213 cm³/mol. The van der Waals surface area contributed by atoms with Gasteiger partial charge in [0.15, 0.2) is 11.7 Å². The van der Waals surface area contributed by atoms with Crippen molar-refractivity contribution < 1.29 is 51.8 Å². The van der Waals surface area contributed by atoms with Crippen molar-refractivity contribution in [1.82, 2.24) is 37.2 Å². The number of hydrazine groups is 1. The van der Waals surface area contributed by atoms with Gasteiger partial charge in [-0.05, 0) is 75.9 Å². The quantitative estimate of drug-likeness (QED) is 0.0203. The number of likely N-dealkylation sites (N-methyl/N-ethyl adjacent to an activating group) is 1. The topological polar surface area (TPSA) is 231 Å². The molecule has 5 amide bonds. The van der Waals surface area contributed by atoms with E-state index in [1.54, 1.807) is 5.48 Å². The third-order valence-corrected chi connectivity index (χ3v) is 10.3. The molecule has 2 aliphatic rings. The average Bonchev–Trinajstić information content (AvgIpc) is 4.06. The number of hydrogen-bond donors (Lipinski definition) is 8. The Bertz CT molecular complexity index is 1790. The van der Waals surface area contributed by atoms with Crippen molar-refractivity contribution in [2.45, 2.75) is 88.4 Å². The molecule has 2 heterocycles. The molecule has 0 radical (unpaired) electrons. The molecule has 0 spiro atoms. The maximum absolute atomic E-state index is 13.5. The van der Waals surface area contributed by atoms with E-state index in [1.165, 1.54) is 24.3 Å². The molecule has 60 heavy (non-hydrogen) atoms. The Balaban J connectivity index is 1.17. The number of carbonyl (C=O) groups excluding carboxylic acids is 5. The van der Waals surface area contributed by atoms with Gasteiger partial charge in [0.05, 0.1) is 25.8 Å². The van der Waals surface area contributed by atoms with Gasteiger partial charge >= 0.3 is 6.18 Å². The summed E-state index contributed by atoms with van der Waals surface area (Å²) in [5.74, 6) is 0.297. The van der Waals surface area contributed by atoms with Crippen LogP contribution in [0.5, 0.6) is 0 Å². The van der Waals surface area contributed by atoms with Crippen LogP contribution < -0.4 is 37.6 Å². The SMILES string of the molecule is C#CCNC(=O)C1(C(=O)NCCCC[C@@H](C(=O)NCCc2ccc(NC(=O)CCCCCCC(=O)NO)cc2)N(C)C)COC(c2ccc(C3(C(F)(F)F)NN3)cc2)OC1. The minimum absolute atomic E-state index is 0.0516. The van der Waals surface area contributed by atoms with Gasteiger partial charge in [-0.25, -0.2) is 16.3 Å². The van der Waals surface area contributed by atoms with E-state index >= 15 is 0 Å². The Morgan fingerprint density at radius 2 is 1.47 bits per heavy atom. The summed E-state index contributed by atoms with van der Waals surface area (Å²) >= 11 is 0. The van der Waals surface area contributed by atoms with Gasteiger partial charge in [0.25, 0.3) is 0 Å². The number of terminal acetylenes is 1. The fraction of sp³-hybridized carbons (Fsp3) is 0.537. The van der Waals surface area contributed by atoms with E-state index in [0.29, 0.717) is 62.7 Å². The fourth-order valence-electron chi connectivity index (χ4n) is 6.65. The highest BCUT2D eigenvalue weighted by Gasteiger charge is 2.65. The van der Waals surface area contributed by atoms with E-state index in [-0.39, 0.29) is 50.1 Å². The van der Waals surface area contributed by atoms with Gasteiger partial charge in [0.2, 0.25) is 35.2 Å². The Labute approximate surface area is 347 Å². The fourth-order valence-corrected chi connectivity index (χ4v) is 6.65. The first-order valence-corrected chi connectivity index (χ1v) is 19.9. The van der Waals surface area contributed by atoms with Crippen LogP contribution in [0.4, 0.5) is 18.9 Å². The molecule has 0 aliphatic carbocycles. The summed E-state index contributed by atoms with van der Waals surface area (Å²) in [5, 5.41) is 19.7. The van der Waals surface area contributed by atoms with Crippen molar-refractivity contribution in [3.63, 3.8) is 0 Å². The zero-order valence-electron chi connectivity index (χ0n) is 33.8. The summed E-state index contributed by atoms with van der Waals surface area (Å²) < 4.78 is 52.0. The molecule has 2 saturated heterocycles. The Kier molecular flexibility index (Phi) is 17.8. The van der Waals surface area contributed by atoms with Crippen LogP contribution >= 0.6 is 0 Å². The Morgan fingerprint density at radius 3 is 2.03 bits per heavy atom. The monoisotopic (exact) mass is 844 g/mol. The van der Waals surface area contributed by atoms with Crippen LogP contribution in [0, 0.1) is 17.8 Å². The molecule has 2 aliphatic heterocycles. The first kappa shape index (κ1) is 47.6. The normalized spacial score (nSPS) is 18.7. The number of halogens is 3. The highest BCUT2D eigenvalue weighted by molar-refractivity contribution is 6.05. The number of unbranched alkanes of at least 4 members (excludes halogenated alkanes) is 4. The van der Waals surface area contributed by atoms with E-state index in [2.05, 4.69) is 38.0 Å². The summed E-state index contributed by atoms with van der Waals surface area (Å²) in [6.45, 7) is -0.288. The standard InChI is InChI=1S/C41H55F3N8O8/c1-4-23-46-37(56)39(26-59-36(60-27-39)29-16-18-30(19-17-29)40(50-51-40)41(42,43)44)38(57)47-24-10-9-11-32(52(2)3)35(55)45-25-22-28-14-20-31(21-15-28)48-33(53)12-7-5-6-8-13-34(54)49-58/h1,14-21,32,36,50-51,58H,5-13,22-27H2,2-3H3,(H,45,55)(H,46,56)(H,47,57)(H,48,53)(H,49,54)/t32-,36?,39?/m0/s1. The zero-order valence-corrected chi connectivity index (χ0v) is 33.8. The number of nitrogens with one attached hydrogen (secondary N) is 7. The van der Waals surface area contributed by atoms with Crippen molar-refractivity contribution in [1.29, 1.82) is 0 Å². The number of nitrogens with zero attached hydrogens (tertiary/aromatic N) is 1. The van der Waals surface area contributed by atoms with Crippen LogP contribution in [0.3, 0.4) is 0 Å². The van der Waals surface area contributed by atoms with Crippen LogP contribution in [0.2, 0.25) is 0 Å². The highest BCUT2D eigenvalue weighted by Crippen LogP contribution is 2.42. The number of alkyl halides is 3. The number of anilines is 1. The molecule has 2 fully saturated rings. The van der Waals surface area contributed by atoms with E-state index in [4.69, 9.17) is 21.1 Å². The van der Waals surface area contributed by atoms with Gasteiger partial charge in [0.1, 0.15) is 0 Å². The van der Waals surface area contributed by atoms with Crippen LogP contribution in [-0.4, -0.2) is 98.8 Å². The van der Waals surface area contributed by atoms with Crippen LogP contribution in [0.1, 0.15) is 80.8 Å². The lowest BCUT2D eigenvalue weighted by atomic mass is 9.86. The maximum atomic E-state index is 13.5. The number of hydroxylamine groups is 1. The van der Waals surface area contributed by atoms with Gasteiger partial charge in [0, 0.05) is 37.2 Å². The lowest BCUT2D eigenvalue weighted by Crippen LogP contribution is -2.59. The molecule has 0 saturated carbocycles. The van der Waals surface area contributed by atoms with E-state index in [9.17, 15) is 37.1 Å². The smallest absolute Gasteiger partial charge is 0.355 e. The number of carbonyl (C=O) groups is 5. The molecule has 328 valence electrons. The molecular weight excluding hydrogens is 789 g/mol. The van der Waals surface area contributed by atoms with Gasteiger partial charge in [-0.2, -0.15) is 13.2 Å². The number of amides is 5. The summed E-state index contributed by atoms with van der Waals surface area (Å²) in [5.41, 5.74) is 3.79. The van der Waals surface area contributed by atoms with Crippen LogP contribution in [0.25, 0.3) is 0 Å². The van der Waals surface area contributed by atoms with Gasteiger partial charge in [-0.15, -0.1) is 6.42 Å². The molecule has 0 aromatic heterocycles. The van der Waals surface area contributed by atoms with Crippen LogP contribution in [0.15, 0.2) is 48.5 Å². The summed E-state index contributed by atoms with van der Waals surface area (Å²) in [4.78, 5) is 65.0. The first-order chi connectivity index (χ1) is 28.7. The minimum atomic E-state index is -4.57. The second-order valence-electron chi connectivity index (χ2n) is 15.0. The number of benzene rings is 2. The molecule has 16 nitrogen and oxygen atoms in total. The van der Waals surface area contributed by atoms with Crippen LogP contribution in [-0.2, 0) is 45.5 Å². The van der Waals surface area contributed by atoms with Crippen molar-refractivity contribution >= 4 is 35.2 Å². The minimum Gasteiger partial charge on any atom is -0.355 e. The number of hydrogen-bond acceptors (Lipinski definition) is 11. The highest BCUT2D eigenvalue weighted by atomic mass is 19.4. The summed E-state index contributed by atoms with van der Waals surface area (Å²) in [6, 6.07) is 12.4. The van der Waals surface area contributed by atoms with Crippen molar-refractivity contribution in [3.8, 4) is 12.3 Å². The predicted octanol–water partition coefficient (Wildman–Crippen LogP) is 2.65. The molecule has 4 rings (SSSR count). The van der Waals surface area contributed by atoms with E-state index in [0.717, 1.165) is 18.4 Å². The molecule has 2 aromatic rings. The largest absolute Gasteiger partial charge is 0.426 e. The van der Waals surface area contributed by atoms with Gasteiger partial charge < -0.3 is 30.7 Å². The summed E-state index contributed by atoms with van der Waals surface area (Å²) in [6.07, 6.45) is 5.40. The van der Waals surface area contributed by atoms with Crippen molar-refractivity contribution in [2.75, 3.05) is 52.3 Å². The van der Waals surface area contributed by atoms with Crippen molar-refractivity contribution in [3.05, 3.63) is 65.2 Å². The van der Waals surface area contributed by atoms with E-state index < -0.39 is 47.3 Å². The third-order valence-electron chi connectivity index (χ3n) is 10.3.